The lowest BCUT2D eigenvalue weighted by atomic mass is 9.88. The molecule has 1 aliphatic rings. The maximum absolute atomic E-state index is 5.45. The van der Waals surface area contributed by atoms with Gasteiger partial charge in [-0.1, -0.05) is 30.3 Å². The van der Waals surface area contributed by atoms with Crippen molar-refractivity contribution in [1.29, 1.82) is 0 Å². The molecule has 0 amide bonds. The Hall–Kier alpha value is -1.45. The third kappa shape index (κ3) is 2.75. The minimum absolute atomic E-state index is 0.147. The van der Waals surface area contributed by atoms with Gasteiger partial charge in [-0.15, -0.1) is 0 Å². The molecule has 2 rings (SSSR count). The van der Waals surface area contributed by atoms with Gasteiger partial charge in [-0.3, -0.25) is 0 Å². The van der Waals surface area contributed by atoms with Gasteiger partial charge < -0.3 is 9.39 Å². The van der Waals surface area contributed by atoms with E-state index in [9.17, 15) is 0 Å². The highest BCUT2D eigenvalue weighted by Crippen LogP contribution is 2.16. The first-order chi connectivity index (χ1) is 7.16. The maximum Gasteiger partial charge on any atom is 0.380 e. The van der Waals surface area contributed by atoms with Crippen LogP contribution in [-0.4, -0.2) is 25.7 Å². The van der Waals surface area contributed by atoms with Crippen molar-refractivity contribution in [3.8, 4) is 0 Å². The van der Waals surface area contributed by atoms with Crippen LogP contribution in [0.3, 0.4) is 0 Å². The van der Waals surface area contributed by atoms with E-state index in [4.69, 9.17) is 9.39 Å². The second-order valence-electron chi connectivity index (χ2n) is 4.25. The van der Waals surface area contributed by atoms with Crippen LogP contribution >= 0.6 is 0 Å². The van der Waals surface area contributed by atoms with Crippen LogP contribution in [0.4, 0.5) is 0 Å². The summed E-state index contributed by atoms with van der Waals surface area (Å²) in [6.07, 6.45) is 0.406. The van der Waals surface area contributed by atoms with E-state index in [0.717, 1.165) is 5.46 Å². The molecule has 4 heteroatoms. The Labute approximate surface area is 90.4 Å². The van der Waals surface area contributed by atoms with Gasteiger partial charge in [0.15, 0.2) is 0 Å². The Bertz CT molecular complexity index is 362. The first-order valence-electron chi connectivity index (χ1n) is 5.05. The maximum atomic E-state index is 5.45. The van der Waals surface area contributed by atoms with Crippen LogP contribution in [0, 0.1) is 0 Å². The van der Waals surface area contributed by atoms with Crippen LogP contribution in [0.15, 0.2) is 35.3 Å². The van der Waals surface area contributed by atoms with Gasteiger partial charge in [0.1, 0.15) is 6.61 Å². The van der Waals surface area contributed by atoms with Gasteiger partial charge in [0.25, 0.3) is 0 Å². The third-order valence-corrected chi connectivity index (χ3v) is 2.15. The molecule has 1 aliphatic heterocycles. The third-order valence-electron chi connectivity index (χ3n) is 2.15. The molecule has 0 saturated carbocycles. The summed E-state index contributed by atoms with van der Waals surface area (Å²) in [6.45, 7) is 4.63. The molecule has 78 valence electrons. The van der Waals surface area contributed by atoms with E-state index in [1.807, 2.05) is 44.2 Å². The van der Waals surface area contributed by atoms with E-state index < -0.39 is 0 Å². The summed E-state index contributed by atoms with van der Waals surface area (Å²) in [5, 5.41) is 0. The van der Waals surface area contributed by atoms with E-state index in [-0.39, 0.29) is 5.54 Å². The molecule has 1 aromatic carbocycles. The predicted molar refractivity (Wildman–Crippen MR) is 61.8 cm³/mol. The highest BCUT2D eigenvalue weighted by Gasteiger charge is 2.27. The molecule has 0 bridgehead atoms. The normalized spacial score (nSPS) is 17.9. The van der Waals surface area contributed by atoms with Crippen molar-refractivity contribution in [1.82, 2.24) is 0 Å². The van der Waals surface area contributed by atoms with Gasteiger partial charge in [0.05, 0.1) is 5.54 Å². The number of hydrogen-bond donors (Lipinski definition) is 0. The predicted octanol–water partition coefficient (Wildman–Crippen LogP) is 0.845. The van der Waals surface area contributed by atoms with Crippen LogP contribution in [0.5, 0.6) is 0 Å². The summed E-state index contributed by atoms with van der Waals surface area (Å²) in [5.41, 5.74) is 0.972. The van der Waals surface area contributed by atoms with E-state index in [1.54, 1.807) is 0 Å². The van der Waals surface area contributed by atoms with Crippen LogP contribution in [-0.2, 0) is 9.39 Å². The summed E-state index contributed by atoms with van der Waals surface area (Å²) in [4.78, 5) is 4.31. The standard InChI is InChI=1S/C11H14BNO2/c1-11(2)8-14-10(13-11)15-12-9-6-4-3-5-7-9/h3-7,12H,8H2,1-2H3. The molecule has 3 nitrogen and oxygen atoms in total. The Morgan fingerprint density at radius 1 is 1.33 bits per heavy atom. The highest BCUT2D eigenvalue weighted by molar-refractivity contribution is 6.48. The Kier molecular flexibility index (Phi) is 2.67. The van der Waals surface area contributed by atoms with Crippen molar-refractivity contribution in [3.63, 3.8) is 0 Å². The Morgan fingerprint density at radius 2 is 2.07 bits per heavy atom. The van der Waals surface area contributed by atoms with Crippen LogP contribution in [0.25, 0.3) is 0 Å². The smallest absolute Gasteiger partial charge is 0.380 e. The second kappa shape index (κ2) is 3.97. The monoisotopic (exact) mass is 203 g/mol. The molecular weight excluding hydrogens is 189 g/mol. The van der Waals surface area contributed by atoms with Gasteiger partial charge >= 0.3 is 13.6 Å². The van der Waals surface area contributed by atoms with Crippen LogP contribution < -0.4 is 5.46 Å². The zero-order chi connectivity index (χ0) is 10.7. The summed E-state index contributed by atoms with van der Waals surface area (Å²) in [5.74, 6) is 0. The Morgan fingerprint density at radius 3 is 2.67 bits per heavy atom. The van der Waals surface area contributed by atoms with Gasteiger partial charge in [-0.25, -0.2) is 4.99 Å². The van der Waals surface area contributed by atoms with E-state index in [2.05, 4.69) is 4.99 Å². The van der Waals surface area contributed by atoms with Crippen molar-refractivity contribution >= 4 is 19.0 Å². The molecule has 0 aromatic heterocycles. The number of aliphatic imine (C=N–C) groups is 1. The molecule has 0 spiro atoms. The van der Waals surface area contributed by atoms with Crippen LogP contribution in [0.1, 0.15) is 13.8 Å². The highest BCUT2D eigenvalue weighted by atomic mass is 16.7. The molecule has 0 aliphatic carbocycles. The fourth-order valence-corrected chi connectivity index (χ4v) is 1.34. The summed E-state index contributed by atoms with van der Waals surface area (Å²) < 4.78 is 10.8. The number of rotatable bonds is 2. The molecule has 15 heavy (non-hydrogen) atoms. The first kappa shape index (κ1) is 10.1. The first-order valence-corrected chi connectivity index (χ1v) is 5.05. The number of hydrogen-bond acceptors (Lipinski definition) is 3. The average molecular weight is 203 g/mol. The molecule has 0 atom stereocenters. The van der Waals surface area contributed by atoms with Gasteiger partial charge in [-0.2, -0.15) is 0 Å². The molecule has 0 unspecified atom stereocenters. The van der Waals surface area contributed by atoms with Gasteiger partial charge in [0, 0.05) is 0 Å². The van der Waals surface area contributed by atoms with E-state index in [0.29, 0.717) is 20.2 Å². The quantitative estimate of drug-likeness (QED) is 0.667. The minimum atomic E-state index is -0.147. The fourth-order valence-electron chi connectivity index (χ4n) is 1.34. The fraction of sp³-hybridized carbons (Fsp3) is 0.364. The van der Waals surface area contributed by atoms with Gasteiger partial charge in [-0.05, 0) is 19.3 Å². The molecule has 1 heterocycles. The topological polar surface area (TPSA) is 30.8 Å². The minimum Gasteiger partial charge on any atom is -0.520 e. The lowest BCUT2D eigenvalue weighted by molar-refractivity contribution is 0.239. The van der Waals surface area contributed by atoms with Crippen molar-refractivity contribution in [3.05, 3.63) is 30.3 Å². The van der Waals surface area contributed by atoms with Crippen molar-refractivity contribution in [2.24, 2.45) is 4.99 Å². The molecule has 0 saturated heterocycles. The number of ether oxygens (including phenoxy) is 1. The SMILES string of the molecule is CC1(C)COC(OBc2ccccc2)=N1. The second-order valence-corrected chi connectivity index (χ2v) is 4.25. The molecular formula is C11H14BNO2. The van der Waals surface area contributed by atoms with E-state index in [1.165, 1.54) is 0 Å². The number of benzene rings is 1. The summed E-state index contributed by atoms with van der Waals surface area (Å²) in [7, 11) is 0.510. The van der Waals surface area contributed by atoms with Crippen molar-refractivity contribution < 1.29 is 9.39 Å². The van der Waals surface area contributed by atoms with Crippen molar-refractivity contribution in [2.75, 3.05) is 6.61 Å². The van der Waals surface area contributed by atoms with Crippen molar-refractivity contribution in [2.45, 2.75) is 19.4 Å². The molecule has 0 fully saturated rings. The Balaban J connectivity index is 1.90. The largest absolute Gasteiger partial charge is 0.520 e. The zero-order valence-corrected chi connectivity index (χ0v) is 9.06. The average Bonchev–Trinajstić information content (AvgIpc) is 2.57. The molecule has 0 radical (unpaired) electrons. The summed E-state index contributed by atoms with van der Waals surface area (Å²) in [6, 6.07) is 9.98. The summed E-state index contributed by atoms with van der Waals surface area (Å²) >= 11 is 0. The van der Waals surface area contributed by atoms with Crippen LogP contribution in [0.2, 0.25) is 0 Å². The van der Waals surface area contributed by atoms with Gasteiger partial charge in [0.2, 0.25) is 0 Å². The zero-order valence-electron chi connectivity index (χ0n) is 9.06. The molecule has 1 aromatic rings. The molecule has 0 N–H and O–H groups in total. The lowest BCUT2D eigenvalue weighted by Crippen LogP contribution is -2.20. The lowest BCUT2D eigenvalue weighted by Gasteiger charge is -2.07. The van der Waals surface area contributed by atoms with E-state index >= 15 is 0 Å². The number of nitrogens with zero attached hydrogens (tertiary/aromatic N) is 1.